The number of pyridine rings is 1. The van der Waals surface area contributed by atoms with E-state index in [1.165, 1.54) is 29.3 Å². The number of ether oxygens (including phenoxy) is 1. The molecule has 4 aromatic rings. The van der Waals surface area contributed by atoms with Crippen LogP contribution in [0.1, 0.15) is 22.3 Å². The van der Waals surface area contributed by atoms with Gasteiger partial charge >= 0.3 is 12.1 Å². The van der Waals surface area contributed by atoms with E-state index in [-0.39, 0.29) is 47.9 Å². The van der Waals surface area contributed by atoms with Gasteiger partial charge in [-0.25, -0.2) is 13.2 Å². The molecule has 1 aliphatic heterocycles. The number of carbonyl (C=O) groups excluding carboxylic acids is 3. The van der Waals surface area contributed by atoms with Crippen LogP contribution in [0, 0.1) is 0 Å². The molecule has 3 aromatic carbocycles. The maximum absolute atomic E-state index is 13.4. The number of amides is 2. The van der Waals surface area contributed by atoms with Gasteiger partial charge in [0.2, 0.25) is 5.91 Å². The summed E-state index contributed by atoms with van der Waals surface area (Å²) in [5.74, 6) is -4.10. The molecule has 0 bridgehead atoms. The molecular weight excluding hydrogens is 613 g/mol. The van der Waals surface area contributed by atoms with Crippen molar-refractivity contribution in [2.24, 2.45) is 0 Å². The highest BCUT2D eigenvalue weighted by Crippen LogP contribution is 2.32. The number of para-hydroxylation sites is 1. The van der Waals surface area contributed by atoms with Crippen LogP contribution >= 0.6 is 0 Å². The van der Waals surface area contributed by atoms with E-state index in [0.29, 0.717) is 18.4 Å². The number of carbonyl (C=O) groups is 3. The van der Waals surface area contributed by atoms with E-state index >= 15 is 0 Å². The standard InChI is InChI=1S/C31H27F3N4O6S/c32-31(33,34)30(41)44-25-20-23(12-13-24(25)36-45(42,43)26-11-4-9-22-10-5-14-35-28(22)26)29(40)38-16-6-15-37(17-18-38)27(39)19-21-7-2-1-3-8-21/h1-5,7-14,20,36H,6,15-19H2. The minimum absolute atomic E-state index is 0.102. The van der Waals surface area contributed by atoms with Gasteiger partial charge in [-0.3, -0.25) is 19.3 Å². The summed E-state index contributed by atoms with van der Waals surface area (Å²) in [6.07, 6.45) is -3.34. The molecule has 1 N–H and O–H groups in total. The van der Waals surface area contributed by atoms with Crippen molar-refractivity contribution in [2.75, 3.05) is 30.9 Å². The molecule has 1 aromatic heterocycles. The summed E-state index contributed by atoms with van der Waals surface area (Å²) in [6, 6.07) is 20.0. The number of hydrogen-bond acceptors (Lipinski definition) is 7. The molecule has 45 heavy (non-hydrogen) atoms. The van der Waals surface area contributed by atoms with Crippen molar-refractivity contribution >= 4 is 44.4 Å². The average Bonchev–Trinajstić information content (AvgIpc) is 3.28. The predicted octanol–water partition coefficient (Wildman–Crippen LogP) is 4.42. The molecule has 0 radical (unpaired) electrons. The molecule has 5 rings (SSSR count). The quantitative estimate of drug-likeness (QED) is 0.234. The third kappa shape index (κ3) is 7.40. The zero-order valence-corrected chi connectivity index (χ0v) is 24.5. The van der Waals surface area contributed by atoms with E-state index in [9.17, 15) is 36.0 Å². The molecule has 1 fully saturated rings. The van der Waals surface area contributed by atoms with E-state index in [1.807, 2.05) is 30.3 Å². The lowest BCUT2D eigenvalue weighted by Crippen LogP contribution is -2.38. The molecular formula is C31H27F3N4O6S. The first-order valence-electron chi connectivity index (χ1n) is 13.8. The fourth-order valence-corrected chi connectivity index (χ4v) is 6.16. The van der Waals surface area contributed by atoms with Crippen molar-refractivity contribution in [1.82, 2.24) is 14.8 Å². The highest BCUT2D eigenvalue weighted by atomic mass is 32.2. The van der Waals surface area contributed by atoms with Gasteiger partial charge in [0.15, 0.2) is 5.75 Å². The Labute approximate surface area is 256 Å². The van der Waals surface area contributed by atoms with E-state index in [2.05, 4.69) is 14.4 Å². The SMILES string of the molecule is O=C(Cc1ccccc1)N1CCCN(C(=O)c2ccc(NS(=O)(=O)c3cccc4cccnc34)c(OC(=O)C(F)(F)F)c2)CC1. The first kappa shape index (κ1) is 31.4. The summed E-state index contributed by atoms with van der Waals surface area (Å²) in [5, 5.41) is 0.503. The van der Waals surface area contributed by atoms with Crippen molar-refractivity contribution in [3.8, 4) is 5.75 Å². The van der Waals surface area contributed by atoms with E-state index in [4.69, 9.17) is 0 Å². The van der Waals surface area contributed by atoms with Crippen molar-refractivity contribution in [3.05, 3.63) is 96.2 Å². The van der Waals surface area contributed by atoms with Crippen LogP contribution < -0.4 is 9.46 Å². The van der Waals surface area contributed by atoms with Gasteiger partial charge in [-0.05, 0) is 42.3 Å². The van der Waals surface area contributed by atoms with Gasteiger partial charge in [0, 0.05) is 43.3 Å². The normalized spacial score (nSPS) is 14.1. The highest BCUT2D eigenvalue weighted by molar-refractivity contribution is 7.93. The molecule has 1 saturated heterocycles. The van der Waals surface area contributed by atoms with Crippen LogP contribution in [0.4, 0.5) is 18.9 Å². The van der Waals surface area contributed by atoms with Crippen molar-refractivity contribution < 1.29 is 40.7 Å². The van der Waals surface area contributed by atoms with E-state index in [0.717, 1.165) is 17.7 Å². The number of fused-ring (bicyclic) bond motifs is 1. The van der Waals surface area contributed by atoms with Crippen LogP contribution in [-0.2, 0) is 26.0 Å². The van der Waals surface area contributed by atoms with E-state index in [1.54, 1.807) is 23.1 Å². The van der Waals surface area contributed by atoms with Crippen LogP contribution in [0.25, 0.3) is 10.9 Å². The number of alkyl halides is 3. The summed E-state index contributed by atoms with van der Waals surface area (Å²) in [7, 11) is -4.45. The van der Waals surface area contributed by atoms with Crippen LogP contribution in [-0.4, -0.2) is 73.3 Å². The van der Waals surface area contributed by atoms with Crippen LogP contribution in [0.2, 0.25) is 0 Å². The Morgan fingerprint density at radius 1 is 0.867 bits per heavy atom. The highest BCUT2D eigenvalue weighted by Gasteiger charge is 2.42. The topological polar surface area (TPSA) is 126 Å². The van der Waals surface area contributed by atoms with Crippen LogP contribution in [0.15, 0.2) is 90.0 Å². The zero-order chi connectivity index (χ0) is 32.2. The van der Waals surface area contributed by atoms with Gasteiger partial charge in [0.05, 0.1) is 17.6 Å². The van der Waals surface area contributed by atoms with Gasteiger partial charge in [0.1, 0.15) is 4.90 Å². The van der Waals surface area contributed by atoms with Crippen LogP contribution in [0.3, 0.4) is 0 Å². The number of benzene rings is 3. The number of esters is 1. The summed E-state index contributed by atoms with van der Waals surface area (Å²) >= 11 is 0. The molecule has 14 heteroatoms. The van der Waals surface area contributed by atoms with E-state index < -0.39 is 39.5 Å². The van der Waals surface area contributed by atoms with Gasteiger partial charge in [-0.2, -0.15) is 13.2 Å². The second kappa shape index (κ2) is 12.9. The first-order valence-corrected chi connectivity index (χ1v) is 15.3. The molecule has 2 heterocycles. The Morgan fingerprint density at radius 2 is 1.58 bits per heavy atom. The smallest absolute Gasteiger partial charge is 0.418 e. The molecule has 0 saturated carbocycles. The Hall–Kier alpha value is -4.98. The summed E-state index contributed by atoms with van der Waals surface area (Å²) < 4.78 is 72.8. The molecule has 1 aliphatic rings. The monoisotopic (exact) mass is 640 g/mol. The Balaban J connectivity index is 1.38. The largest absolute Gasteiger partial charge is 0.491 e. The second-order valence-corrected chi connectivity index (χ2v) is 11.9. The minimum atomic E-state index is -5.39. The number of sulfonamides is 1. The fourth-order valence-electron chi connectivity index (χ4n) is 4.91. The van der Waals surface area contributed by atoms with Gasteiger partial charge in [0.25, 0.3) is 15.9 Å². The molecule has 234 valence electrons. The number of aromatic nitrogens is 1. The Morgan fingerprint density at radius 3 is 2.33 bits per heavy atom. The lowest BCUT2D eigenvalue weighted by Gasteiger charge is -2.23. The third-order valence-corrected chi connectivity index (χ3v) is 8.52. The Kier molecular flexibility index (Phi) is 9.04. The second-order valence-electron chi connectivity index (χ2n) is 10.2. The lowest BCUT2D eigenvalue weighted by molar-refractivity contribution is -0.189. The molecule has 10 nitrogen and oxygen atoms in total. The maximum atomic E-state index is 13.4. The van der Waals surface area contributed by atoms with Gasteiger partial charge in [-0.1, -0.05) is 48.5 Å². The number of rotatable bonds is 7. The predicted molar refractivity (Wildman–Crippen MR) is 158 cm³/mol. The van der Waals surface area contributed by atoms with Gasteiger partial charge in [-0.15, -0.1) is 0 Å². The third-order valence-electron chi connectivity index (χ3n) is 7.13. The lowest BCUT2D eigenvalue weighted by atomic mass is 10.1. The number of nitrogens with one attached hydrogen (secondary N) is 1. The average molecular weight is 641 g/mol. The molecule has 2 amide bonds. The van der Waals surface area contributed by atoms with Crippen molar-refractivity contribution in [1.29, 1.82) is 0 Å². The fraction of sp³-hybridized carbons (Fsp3) is 0.226. The van der Waals surface area contributed by atoms with Crippen molar-refractivity contribution in [3.63, 3.8) is 0 Å². The zero-order valence-electron chi connectivity index (χ0n) is 23.7. The van der Waals surface area contributed by atoms with Crippen LogP contribution in [0.5, 0.6) is 5.75 Å². The first-order chi connectivity index (χ1) is 21.4. The molecule has 0 aliphatic carbocycles. The maximum Gasteiger partial charge on any atom is 0.491 e. The number of anilines is 1. The Bertz CT molecular complexity index is 1850. The van der Waals surface area contributed by atoms with Gasteiger partial charge < -0.3 is 14.5 Å². The number of hydrogen-bond donors (Lipinski definition) is 1. The summed E-state index contributed by atoms with van der Waals surface area (Å²) in [5.41, 5.74) is 0.336. The minimum Gasteiger partial charge on any atom is -0.418 e. The summed E-state index contributed by atoms with van der Waals surface area (Å²) in [6.45, 7) is 1.06. The molecule has 0 unspecified atom stereocenters. The molecule has 0 spiro atoms. The number of nitrogens with zero attached hydrogens (tertiary/aromatic N) is 3. The molecule has 0 atom stereocenters. The van der Waals surface area contributed by atoms with Crippen molar-refractivity contribution in [2.45, 2.75) is 23.9 Å². The summed E-state index contributed by atoms with van der Waals surface area (Å²) in [4.78, 5) is 45.0. The number of halogens is 3.